The second-order valence-corrected chi connectivity index (χ2v) is 8.15. The van der Waals surface area contributed by atoms with Gasteiger partial charge in [-0.15, -0.1) is 0 Å². The highest BCUT2D eigenvalue weighted by Crippen LogP contribution is 2.68. The molecule has 0 rings (SSSR count). The van der Waals surface area contributed by atoms with E-state index in [0.29, 0.717) is 6.92 Å². The van der Waals surface area contributed by atoms with Crippen LogP contribution in [0, 0.1) is 0 Å². The van der Waals surface area contributed by atoms with Crippen LogP contribution < -0.4 is 0 Å². The maximum Gasteiger partial charge on any atom is 0.460 e. The lowest BCUT2D eigenvalue weighted by Crippen LogP contribution is -2.78. The van der Waals surface area contributed by atoms with E-state index in [1.54, 1.807) is 0 Å². The fraction of sp³-hybridized carbons (Fsp3) is 0.824. The summed E-state index contributed by atoms with van der Waals surface area (Å²) in [6.45, 7) is 0.519. The third-order valence-corrected chi connectivity index (χ3v) is 5.28. The Kier molecular flexibility index (Phi) is 9.89. The van der Waals surface area contributed by atoms with Gasteiger partial charge >= 0.3 is 77.3 Å². The number of carboxylic acid groups (broad SMARTS) is 1. The van der Waals surface area contributed by atoms with Crippen LogP contribution in [0.1, 0.15) is 13.3 Å². The number of alkyl halides is 25. The van der Waals surface area contributed by atoms with Crippen LogP contribution in [0.15, 0.2) is 11.6 Å². The van der Waals surface area contributed by atoms with Crippen LogP contribution in [0.4, 0.5) is 110 Å². The van der Waals surface area contributed by atoms with Gasteiger partial charge in [0.1, 0.15) is 5.57 Å². The predicted molar refractivity (Wildman–Crippen MR) is 86.5 cm³/mol. The molecule has 0 heterocycles. The first-order valence-electron chi connectivity index (χ1n) is 9.81. The molecule has 0 bridgehead atoms. The largest absolute Gasteiger partial charge is 0.478 e. The van der Waals surface area contributed by atoms with Gasteiger partial charge in [-0.25, -0.2) is 4.79 Å². The minimum absolute atomic E-state index is 0.519. The quantitative estimate of drug-likeness (QED) is 0.153. The van der Waals surface area contributed by atoms with E-state index in [9.17, 15) is 115 Å². The molecule has 0 fully saturated rings. The number of allylic oxidation sites excluding steroid dienone is 1. The lowest BCUT2D eigenvalue weighted by atomic mass is 9.83. The van der Waals surface area contributed by atoms with E-state index in [4.69, 9.17) is 5.11 Å². The number of carbonyl (C=O) groups is 1. The van der Waals surface area contributed by atoms with Crippen molar-refractivity contribution < 1.29 is 120 Å². The lowest BCUT2D eigenvalue weighted by molar-refractivity contribution is -0.481. The second-order valence-electron chi connectivity index (χ2n) is 8.15. The molecule has 2 nitrogen and oxygen atoms in total. The maximum absolute atomic E-state index is 13.9. The van der Waals surface area contributed by atoms with Gasteiger partial charge in [-0.05, 0) is 6.42 Å². The zero-order chi connectivity index (χ0) is 36.6. The molecule has 0 atom stereocenters. The average Bonchev–Trinajstić information content (AvgIpc) is 2.79. The third kappa shape index (κ3) is 4.87. The number of hydrogen-bond donors (Lipinski definition) is 1. The van der Waals surface area contributed by atoms with Crippen molar-refractivity contribution in [1.82, 2.24) is 0 Å². The van der Waals surface area contributed by atoms with Crippen LogP contribution in [0.25, 0.3) is 0 Å². The molecule has 1 N–H and O–H groups in total. The molecule has 0 aliphatic carbocycles. The van der Waals surface area contributed by atoms with Crippen LogP contribution in [0.2, 0.25) is 0 Å². The van der Waals surface area contributed by atoms with Gasteiger partial charge in [-0.2, -0.15) is 110 Å². The first-order chi connectivity index (χ1) is 18.6. The first kappa shape index (κ1) is 41.5. The van der Waals surface area contributed by atoms with Gasteiger partial charge in [0.05, 0.1) is 0 Å². The molecule has 0 aromatic carbocycles. The fourth-order valence-electron chi connectivity index (χ4n) is 2.68. The summed E-state index contributed by atoms with van der Waals surface area (Å²) in [5.74, 6) is -104. The highest BCUT2D eigenvalue weighted by Gasteiger charge is 2.99. The average molecular weight is 718 g/mol. The molecule has 262 valence electrons. The molecule has 0 radical (unpaired) electrons. The summed E-state index contributed by atoms with van der Waals surface area (Å²) in [4.78, 5) is 10.6. The minimum Gasteiger partial charge on any atom is -0.478 e. The van der Waals surface area contributed by atoms with E-state index in [2.05, 4.69) is 0 Å². The van der Waals surface area contributed by atoms with E-state index < -0.39 is 95.4 Å². The SMILES string of the molecule is CCC=C(C(=O)O)C(F)(F)C(F)(F)C(F)(F)C(F)(F)C(F)(F)C(F)(F)C(F)(F)C(F)(F)C(F)(F)C(F)(F)C(F)(F)C(F)(F)F. The van der Waals surface area contributed by atoms with Crippen molar-refractivity contribution in [2.75, 3.05) is 0 Å². The monoisotopic (exact) mass is 718 g/mol. The molecule has 0 unspecified atom stereocenters. The van der Waals surface area contributed by atoms with E-state index in [1.807, 2.05) is 0 Å². The van der Waals surface area contributed by atoms with Crippen LogP contribution >= 0.6 is 0 Å². The smallest absolute Gasteiger partial charge is 0.460 e. The number of rotatable bonds is 13. The molecule has 0 spiro atoms. The van der Waals surface area contributed by atoms with Gasteiger partial charge < -0.3 is 5.11 Å². The zero-order valence-electron chi connectivity index (χ0n) is 19.6. The fourth-order valence-corrected chi connectivity index (χ4v) is 2.68. The predicted octanol–water partition coefficient (Wildman–Crippen LogP) is 8.96. The van der Waals surface area contributed by atoms with E-state index in [1.165, 1.54) is 0 Å². The van der Waals surface area contributed by atoms with Crippen molar-refractivity contribution >= 4 is 5.97 Å². The van der Waals surface area contributed by atoms with Crippen LogP contribution in [0.5, 0.6) is 0 Å². The summed E-state index contributed by atoms with van der Waals surface area (Å²) in [6, 6.07) is 0. The molecule has 0 aromatic heterocycles. The summed E-state index contributed by atoms with van der Waals surface area (Å²) >= 11 is 0. The lowest BCUT2D eigenvalue weighted by Gasteiger charge is -2.45. The van der Waals surface area contributed by atoms with Crippen LogP contribution in [0.3, 0.4) is 0 Å². The Balaban J connectivity index is 7.51. The van der Waals surface area contributed by atoms with Crippen LogP contribution in [-0.4, -0.2) is 82.4 Å². The van der Waals surface area contributed by atoms with Gasteiger partial charge in [0.2, 0.25) is 0 Å². The summed E-state index contributed by atoms with van der Waals surface area (Å²) in [5, 5.41) is 8.39. The van der Waals surface area contributed by atoms with Crippen molar-refractivity contribution in [2.24, 2.45) is 0 Å². The molecule has 27 heteroatoms. The molecule has 44 heavy (non-hydrogen) atoms. The number of halogens is 25. The van der Waals surface area contributed by atoms with Crippen molar-refractivity contribution in [2.45, 2.75) is 84.7 Å². The molecular formula is C17H7F25O2. The number of aliphatic carboxylic acids is 1. The number of carboxylic acids is 1. The highest BCUT2D eigenvalue weighted by molar-refractivity contribution is 5.88. The Morgan fingerprint density at radius 1 is 0.432 bits per heavy atom. The van der Waals surface area contributed by atoms with Gasteiger partial charge in [0, 0.05) is 0 Å². The first-order valence-corrected chi connectivity index (χ1v) is 9.81. The van der Waals surface area contributed by atoms with Gasteiger partial charge in [0.15, 0.2) is 0 Å². The Morgan fingerprint density at radius 3 is 0.818 bits per heavy atom. The Hall–Kier alpha value is -2.54. The molecule has 0 saturated carbocycles. The Labute approximate surface area is 223 Å². The molecule has 0 aromatic rings. The molecule has 0 amide bonds. The van der Waals surface area contributed by atoms with Gasteiger partial charge in [0.25, 0.3) is 0 Å². The van der Waals surface area contributed by atoms with E-state index in [0.717, 1.165) is 0 Å². The van der Waals surface area contributed by atoms with Crippen molar-refractivity contribution in [3.63, 3.8) is 0 Å². The Morgan fingerprint density at radius 2 is 0.636 bits per heavy atom. The summed E-state index contributed by atoms with van der Waals surface area (Å²) in [5.41, 5.74) is -3.42. The summed E-state index contributed by atoms with van der Waals surface area (Å²) in [6.07, 6.45) is -10.2. The van der Waals surface area contributed by atoms with Crippen LogP contribution in [-0.2, 0) is 4.79 Å². The third-order valence-electron chi connectivity index (χ3n) is 5.28. The molecule has 0 aliphatic heterocycles. The minimum atomic E-state index is -9.68. The van der Waals surface area contributed by atoms with Gasteiger partial charge in [-0.3, -0.25) is 0 Å². The van der Waals surface area contributed by atoms with E-state index in [-0.39, 0.29) is 0 Å². The standard InChI is InChI=1S/C17H7F25O2/c1-2-3-4(5(43)44)6(18,19)7(20,21)8(22,23)9(24,25)10(26,27)11(28,29)12(30,31)13(32,33)14(34,35)15(36,37)16(38,39)17(40,41)42/h3H,2H2,1H3,(H,43,44). The Bertz CT molecular complexity index is 1110. The maximum atomic E-state index is 13.9. The number of hydrogen-bond acceptors (Lipinski definition) is 1. The molecular weight excluding hydrogens is 711 g/mol. The molecule has 0 aliphatic rings. The van der Waals surface area contributed by atoms with Crippen molar-refractivity contribution in [3.05, 3.63) is 11.6 Å². The van der Waals surface area contributed by atoms with Crippen molar-refractivity contribution in [3.8, 4) is 0 Å². The normalized spacial score (nSPS) is 16.8. The van der Waals surface area contributed by atoms with Gasteiger partial charge in [-0.1, -0.05) is 13.0 Å². The second kappa shape index (κ2) is 10.5. The molecule has 0 saturated heterocycles. The highest BCUT2D eigenvalue weighted by atomic mass is 19.4. The van der Waals surface area contributed by atoms with E-state index >= 15 is 0 Å². The summed E-state index contributed by atoms with van der Waals surface area (Å²) < 4.78 is 335. The summed E-state index contributed by atoms with van der Waals surface area (Å²) in [7, 11) is 0. The zero-order valence-corrected chi connectivity index (χ0v) is 19.6. The van der Waals surface area contributed by atoms with Crippen molar-refractivity contribution in [1.29, 1.82) is 0 Å². The topological polar surface area (TPSA) is 37.3 Å².